The molecule has 0 amide bonds. The second kappa shape index (κ2) is 6.29. The van der Waals surface area contributed by atoms with Crippen LogP contribution in [0.4, 0.5) is 0 Å². The maximum atomic E-state index is 6.22. The molecule has 0 aliphatic carbocycles. The molecule has 21 heavy (non-hydrogen) atoms. The van der Waals surface area contributed by atoms with Gasteiger partial charge in [-0.2, -0.15) is 0 Å². The molecule has 1 aliphatic rings. The standard InChI is InChI=1S/C17H28N2OS/c1-6-21-13-9-7-12(8-10-13)15(19-18)14-11-16(2,3)20-17(14,4)5/h7-10,14-15,19H,6,11,18H2,1-5H3. The molecule has 0 spiro atoms. The van der Waals surface area contributed by atoms with Crippen molar-refractivity contribution in [3.05, 3.63) is 29.8 Å². The van der Waals surface area contributed by atoms with Gasteiger partial charge in [-0.25, -0.2) is 0 Å². The lowest BCUT2D eigenvalue weighted by Crippen LogP contribution is -2.41. The molecule has 3 nitrogen and oxygen atoms in total. The second-order valence-corrected chi connectivity index (χ2v) is 8.26. The number of benzene rings is 1. The second-order valence-electron chi connectivity index (χ2n) is 6.92. The minimum absolute atomic E-state index is 0.0960. The van der Waals surface area contributed by atoms with Gasteiger partial charge in [0, 0.05) is 10.8 Å². The molecular weight excluding hydrogens is 280 g/mol. The van der Waals surface area contributed by atoms with Gasteiger partial charge in [0.2, 0.25) is 0 Å². The Labute approximate surface area is 133 Å². The van der Waals surface area contributed by atoms with Gasteiger partial charge in [0.1, 0.15) is 0 Å². The van der Waals surface area contributed by atoms with E-state index in [2.05, 4.69) is 64.3 Å². The van der Waals surface area contributed by atoms with E-state index in [-0.39, 0.29) is 17.2 Å². The molecule has 1 saturated heterocycles. The van der Waals surface area contributed by atoms with Gasteiger partial charge in [-0.05, 0) is 57.6 Å². The van der Waals surface area contributed by atoms with Gasteiger partial charge in [-0.1, -0.05) is 19.1 Å². The Bertz CT molecular complexity index is 470. The third kappa shape index (κ3) is 3.81. The highest BCUT2D eigenvalue weighted by Gasteiger charge is 2.49. The molecule has 1 aromatic rings. The third-order valence-corrected chi connectivity index (χ3v) is 5.17. The van der Waals surface area contributed by atoms with Crippen molar-refractivity contribution >= 4 is 11.8 Å². The number of thioether (sulfide) groups is 1. The summed E-state index contributed by atoms with van der Waals surface area (Å²) in [5, 5.41) is 0. The first-order chi connectivity index (χ1) is 9.79. The number of ether oxygens (including phenoxy) is 1. The van der Waals surface area contributed by atoms with Crippen molar-refractivity contribution in [1.29, 1.82) is 0 Å². The van der Waals surface area contributed by atoms with Crippen LogP contribution in [-0.4, -0.2) is 17.0 Å². The zero-order chi connectivity index (χ0) is 15.7. The van der Waals surface area contributed by atoms with Gasteiger partial charge >= 0.3 is 0 Å². The average molecular weight is 308 g/mol. The van der Waals surface area contributed by atoms with Crippen LogP contribution >= 0.6 is 11.8 Å². The molecule has 4 heteroatoms. The predicted molar refractivity (Wildman–Crippen MR) is 90.3 cm³/mol. The van der Waals surface area contributed by atoms with Gasteiger partial charge in [0.05, 0.1) is 17.2 Å². The normalized spacial score (nSPS) is 25.0. The van der Waals surface area contributed by atoms with E-state index in [9.17, 15) is 0 Å². The number of hydrazine groups is 1. The molecule has 1 aliphatic heterocycles. The van der Waals surface area contributed by atoms with Crippen molar-refractivity contribution in [2.75, 3.05) is 5.75 Å². The molecular formula is C17H28N2OS. The molecule has 2 rings (SSSR count). The Kier molecular flexibility index (Phi) is 5.03. The van der Waals surface area contributed by atoms with E-state index in [1.54, 1.807) is 0 Å². The molecule has 1 aromatic carbocycles. The van der Waals surface area contributed by atoms with Crippen LogP contribution in [0.3, 0.4) is 0 Å². The summed E-state index contributed by atoms with van der Waals surface area (Å²) in [5.41, 5.74) is 3.97. The molecule has 2 unspecified atom stereocenters. The molecule has 0 bridgehead atoms. The lowest BCUT2D eigenvalue weighted by atomic mass is 9.79. The van der Waals surface area contributed by atoms with Crippen molar-refractivity contribution in [3.8, 4) is 0 Å². The summed E-state index contributed by atoms with van der Waals surface area (Å²) >= 11 is 1.86. The SMILES string of the molecule is CCSc1ccc(C(NN)C2CC(C)(C)OC2(C)C)cc1. The molecule has 2 atom stereocenters. The monoisotopic (exact) mass is 308 g/mol. The summed E-state index contributed by atoms with van der Waals surface area (Å²) < 4.78 is 6.22. The predicted octanol–water partition coefficient (Wildman–Crippen LogP) is 3.90. The van der Waals surface area contributed by atoms with Crippen LogP contribution in [0.15, 0.2) is 29.2 Å². The van der Waals surface area contributed by atoms with E-state index in [0.717, 1.165) is 12.2 Å². The van der Waals surface area contributed by atoms with Crippen molar-refractivity contribution in [2.45, 2.75) is 63.2 Å². The van der Waals surface area contributed by atoms with Crippen LogP contribution in [0.25, 0.3) is 0 Å². The fourth-order valence-electron chi connectivity index (χ4n) is 3.51. The van der Waals surface area contributed by atoms with E-state index < -0.39 is 0 Å². The van der Waals surface area contributed by atoms with Crippen LogP contribution in [0.5, 0.6) is 0 Å². The van der Waals surface area contributed by atoms with E-state index in [1.165, 1.54) is 10.5 Å². The number of nitrogens with one attached hydrogen (secondary N) is 1. The van der Waals surface area contributed by atoms with Crippen LogP contribution in [-0.2, 0) is 4.74 Å². The van der Waals surface area contributed by atoms with E-state index in [1.807, 2.05) is 11.8 Å². The Hall–Kier alpha value is -0.550. The first-order valence-electron chi connectivity index (χ1n) is 7.68. The summed E-state index contributed by atoms with van der Waals surface area (Å²) in [4.78, 5) is 1.30. The number of rotatable bonds is 5. The molecule has 1 heterocycles. The molecule has 0 radical (unpaired) electrons. The van der Waals surface area contributed by atoms with Gasteiger partial charge in [-0.3, -0.25) is 11.3 Å². The minimum atomic E-state index is -0.183. The van der Waals surface area contributed by atoms with E-state index in [0.29, 0.717) is 5.92 Å². The molecule has 0 saturated carbocycles. The fraction of sp³-hybridized carbons (Fsp3) is 0.647. The average Bonchev–Trinajstić information content (AvgIpc) is 2.61. The topological polar surface area (TPSA) is 47.3 Å². The highest BCUT2D eigenvalue weighted by atomic mass is 32.2. The molecule has 0 aromatic heterocycles. The summed E-state index contributed by atoms with van der Waals surface area (Å²) in [5.74, 6) is 7.32. The lowest BCUT2D eigenvalue weighted by molar-refractivity contribution is -0.0779. The first-order valence-corrected chi connectivity index (χ1v) is 8.66. The van der Waals surface area contributed by atoms with Crippen molar-refractivity contribution < 1.29 is 4.74 Å². The first kappa shape index (κ1) is 16.8. The molecule has 1 fully saturated rings. The van der Waals surface area contributed by atoms with E-state index >= 15 is 0 Å². The van der Waals surface area contributed by atoms with Crippen molar-refractivity contribution in [2.24, 2.45) is 11.8 Å². The Morgan fingerprint density at radius 1 is 1.29 bits per heavy atom. The van der Waals surface area contributed by atoms with E-state index in [4.69, 9.17) is 10.6 Å². The van der Waals surface area contributed by atoms with Gasteiger partial charge < -0.3 is 4.74 Å². The van der Waals surface area contributed by atoms with Crippen molar-refractivity contribution in [3.63, 3.8) is 0 Å². The van der Waals surface area contributed by atoms with Crippen LogP contribution in [0, 0.1) is 5.92 Å². The molecule has 3 N–H and O–H groups in total. The minimum Gasteiger partial charge on any atom is -0.369 e. The smallest absolute Gasteiger partial charge is 0.0681 e. The summed E-state index contributed by atoms with van der Waals surface area (Å²) in [6.45, 7) is 10.8. The largest absolute Gasteiger partial charge is 0.369 e. The maximum absolute atomic E-state index is 6.22. The zero-order valence-corrected chi connectivity index (χ0v) is 14.6. The number of nitrogens with two attached hydrogens (primary N) is 1. The highest BCUT2D eigenvalue weighted by molar-refractivity contribution is 7.99. The lowest BCUT2D eigenvalue weighted by Gasteiger charge is -2.33. The van der Waals surface area contributed by atoms with Crippen LogP contribution in [0.1, 0.15) is 52.6 Å². The Morgan fingerprint density at radius 3 is 2.33 bits per heavy atom. The molecule has 118 valence electrons. The Morgan fingerprint density at radius 2 is 1.90 bits per heavy atom. The van der Waals surface area contributed by atoms with Crippen LogP contribution in [0.2, 0.25) is 0 Å². The fourth-order valence-corrected chi connectivity index (χ4v) is 4.17. The van der Waals surface area contributed by atoms with Gasteiger partial charge in [0.15, 0.2) is 0 Å². The summed E-state index contributed by atoms with van der Waals surface area (Å²) in [7, 11) is 0. The van der Waals surface area contributed by atoms with Crippen molar-refractivity contribution in [1.82, 2.24) is 5.43 Å². The zero-order valence-electron chi connectivity index (χ0n) is 13.8. The summed E-state index contributed by atoms with van der Waals surface area (Å²) in [6, 6.07) is 8.85. The third-order valence-electron chi connectivity index (χ3n) is 4.28. The highest BCUT2D eigenvalue weighted by Crippen LogP contribution is 2.47. The number of hydrogen-bond donors (Lipinski definition) is 2. The summed E-state index contributed by atoms with van der Waals surface area (Å²) in [6.07, 6.45) is 1.00. The quantitative estimate of drug-likeness (QED) is 0.492. The Balaban J connectivity index is 2.23. The maximum Gasteiger partial charge on any atom is 0.0681 e. The van der Waals surface area contributed by atoms with Gasteiger partial charge in [0.25, 0.3) is 0 Å². The van der Waals surface area contributed by atoms with Crippen LogP contribution < -0.4 is 11.3 Å². The number of hydrogen-bond acceptors (Lipinski definition) is 4. The van der Waals surface area contributed by atoms with Gasteiger partial charge in [-0.15, -0.1) is 11.8 Å².